The number of hydrogen-bond donors (Lipinski definition) is 1. The summed E-state index contributed by atoms with van der Waals surface area (Å²) in [5, 5.41) is 8.22. The van der Waals surface area contributed by atoms with Crippen molar-refractivity contribution >= 4 is 35.1 Å². The zero-order valence-electron chi connectivity index (χ0n) is 15.2. The van der Waals surface area contributed by atoms with Crippen LogP contribution in [0.3, 0.4) is 0 Å². The highest BCUT2D eigenvalue weighted by molar-refractivity contribution is 6.42. The molecule has 0 aliphatic rings. The second-order valence-electron chi connectivity index (χ2n) is 7.00. The lowest BCUT2D eigenvalue weighted by atomic mass is 9.92. The highest BCUT2D eigenvalue weighted by atomic mass is 35.5. The normalized spacial score (nSPS) is 11.3. The molecule has 0 fully saturated rings. The molecule has 0 unspecified atom stereocenters. The molecule has 1 aromatic heterocycles. The van der Waals surface area contributed by atoms with E-state index in [1.54, 1.807) is 47.1 Å². The van der Waals surface area contributed by atoms with E-state index in [9.17, 15) is 4.79 Å². The zero-order chi connectivity index (χ0) is 19.6. The van der Waals surface area contributed by atoms with Gasteiger partial charge in [-0.2, -0.15) is 5.10 Å². The number of carbonyl (C=O) groups excluding carboxylic acids is 1. The van der Waals surface area contributed by atoms with Gasteiger partial charge in [-0.15, -0.1) is 0 Å². The Morgan fingerprint density at radius 1 is 1.04 bits per heavy atom. The molecule has 0 aliphatic heterocycles. The first-order chi connectivity index (χ1) is 12.7. The maximum absolute atomic E-state index is 12.3. The number of amides is 1. The van der Waals surface area contributed by atoms with Gasteiger partial charge in [-0.3, -0.25) is 5.32 Å². The maximum atomic E-state index is 12.3. The Balaban J connectivity index is 1.94. The van der Waals surface area contributed by atoms with Crippen molar-refractivity contribution in [2.45, 2.75) is 26.2 Å². The van der Waals surface area contributed by atoms with Crippen molar-refractivity contribution in [2.75, 3.05) is 5.32 Å². The van der Waals surface area contributed by atoms with Crippen molar-refractivity contribution < 1.29 is 9.53 Å². The van der Waals surface area contributed by atoms with E-state index in [1.807, 2.05) is 32.9 Å². The molecular formula is C20H19Cl2N3O2. The van der Waals surface area contributed by atoms with Gasteiger partial charge in [0.1, 0.15) is 11.6 Å². The Morgan fingerprint density at radius 3 is 2.37 bits per heavy atom. The van der Waals surface area contributed by atoms with E-state index >= 15 is 0 Å². The third-order valence-electron chi connectivity index (χ3n) is 3.81. The number of ether oxygens (including phenoxy) is 1. The van der Waals surface area contributed by atoms with Crippen molar-refractivity contribution in [3.8, 4) is 11.4 Å². The molecule has 27 heavy (non-hydrogen) atoms. The van der Waals surface area contributed by atoms with Gasteiger partial charge in [0, 0.05) is 11.5 Å². The van der Waals surface area contributed by atoms with Gasteiger partial charge in [-0.25, -0.2) is 9.48 Å². The minimum Gasteiger partial charge on any atom is -0.410 e. The smallest absolute Gasteiger partial charge is 0.410 e. The number of nitrogens with zero attached hydrogens (tertiary/aromatic N) is 2. The van der Waals surface area contributed by atoms with Crippen LogP contribution in [0.15, 0.2) is 54.6 Å². The van der Waals surface area contributed by atoms with Crippen LogP contribution in [0.5, 0.6) is 5.75 Å². The van der Waals surface area contributed by atoms with Crippen LogP contribution in [-0.4, -0.2) is 15.9 Å². The quantitative estimate of drug-likeness (QED) is 0.575. The zero-order valence-corrected chi connectivity index (χ0v) is 16.7. The highest BCUT2D eigenvalue weighted by Gasteiger charge is 2.22. The summed E-state index contributed by atoms with van der Waals surface area (Å²) >= 11 is 12.1. The van der Waals surface area contributed by atoms with Crippen molar-refractivity contribution in [2.24, 2.45) is 0 Å². The molecule has 1 N–H and O–H groups in total. The van der Waals surface area contributed by atoms with E-state index in [4.69, 9.17) is 27.9 Å². The summed E-state index contributed by atoms with van der Waals surface area (Å²) in [6.07, 6.45) is -0.608. The number of anilines is 1. The minimum atomic E-state index is -0.608. The number of para-hydroxylation sites is 1. The molecule has 2 aromatic carbocycles. The molecule has 0 aliphatic carbocycles. The first-order valence-corrected chi connectivity index (χ1v) is 9.09. The summed E-state index contributed by atoms with van der Waals surface area (Å²) in [4.78, 5) is 12.3. The number of nitrogens with one attached hydrogen (secondary N) is 1. The molecule has 0 atom stereocenters. The predicted octanol–water partition coefficient (Wildman–Crippen LogP) is 6.09. The van der Waals surface area contributed by atoms with Gasteiger partial charge < -0.3 is 4.74 Å². The third-order valence-corrected chi connectivity index (χ3v) is 4.55. The van der Waals surface area contributed by atoms with Crippen molar-refractivity contribution in [1.82, 2.24) is 9.78 Å². The average molecular weight is 404 g/mol. The Hall–Kier alpha value is -2.50. The van der Waals surface area contributed by atoms with Gasteiger partial charge in [-0.05, 0) is 30.3 Å². The number of halogens is 2. The summed E-state index contributed by atoms with van der Waals surface area (Å²) in [6, 6.07) is 15.8. The number of hydrogen-bond acceptors (Lipinski definition) is 3. The average Bonchev–Trinajstić information content (AvgIpc) is 3.02. The molecule has 7 heteroatoms. The molecule has 0 saturated heterocycles. The van der Waals surface area contributed by atoms with E-state index in [0.717, 1.165) is 5.69 Å². The summed E-state index contributed by atoms with van der Waals surface area (Å²) in [7, 11) is 0. The molecule has 3 rings (SSSR count). The summed E-state index contributed by atoms with van der Waals surface area (Å²) < 4.78 is 6.91. The minimum absolute atomic E-state index is 0.207. The van der Waals surface area contributed by atoms with Gasteiger partial charge in [0.2, 0.25) is 0 Å². The van der Waals surface area contributed by atoms with E-state index < -0.39 is 6.09 Å². The summed E-state index contributed by atoms with van der Waals surface area (Å²) in [6.45, 7) is 6.13. The molecule has 3 aromatic rings. The highest BCUT2D eigenvalue weighted by Crippen LogP contribution is 2.29. The second kappa shape index (κ2) is 7.62. The Bertz CT molecular complexity index is 963. The van der Waals surface area contributed by atoms with Crippen LogP contribution in [0.2, 0.25) is 10.0 Å². The van der Waals surface area contributed by atoms with Crippen LogP contribution >= 0.6 is 23.2 Å². The molecule has 0 saturated carbocycles. The van der Waals surface area contributed by atoms with Crippen LogP contribution in [0, 0.1) is 0 Å². The van der Waals surface area contributed by atoms with Crippen molar-refractivity contribution in [1.29, 1.82) is 0 Å². The molecule has 0 spiro atoms. The standard InChI is InChI=1S/C20H19Cl2N3O2/c1-20(2,3)17-12-18(23-19(26)27-14-7-5-4-6-8-14)25(24-17)13-9-10-15(21)16(22)11-13/h4-12H,1-3H3,(H,23,26). The molecule has 0 radical (unpaired) electrons. The van der Waals surface area contributed by atoms with Gasteiger partial charge in [-0.1, -0.05) is 62.2 Å². The SMILES string of the molecule is CC(C)(C)c1cc(NC(=O)Oc2ccccc2)n(-c2ccc(Cl)c(Cl)c2)n1. The number of carbonyl (C=O) groups is 1. The molecule has 1 heterocycles. The second-order valence-corrected chi connectivity index (χ2v) is 7.82. The third kappa shape index (κ3) is 4.62. The van der Waals surface area contributed by atoms with E-state index in [-0.39, 0.29) is 5.41 Å². The van der Waals surface area contributed by atoms with Crippen LogP contribution in [0.4, 0.5) is 10.6 Å². The van der Waals surface area contributed by atoms with Crippen LogP contribution < -0.4 is 10.1 Å². The lowest BCUT2D eigenvalue weighted by molar-refractivity contribution is 0.215. The Kier molecular flexibility index (Phi) is 5.44. The van der Waals surface area contributed by atoms with Crippen LogP contribution in [0.1, 0.15) is 26.5 Å². The molecule has 5 nitrogen and oxygen atoms in total. The fraction of sp³-hybridized carbons (Fsp3) is 0.200. The number of benzene rings is 2. The Labute approximate surface area is 167 Å². The summed E-state index contributed by atoms with van der Waals surface area (Å²) in [5.41, 5.74) is 1.28. The van der Waals surface area contributed by atoms with Gasteiger partial charge in [0.15, 0.2) is 0 Å². The van der Waals surface area contributed by atoms with E-state index in [1.165, 1.54) is 0 Å². The number of aromatic nitrogens is 2. The fourth-order valence-corrected chi connectivity index (χ4v) is 2.67. The van der Waals surface area contributed by atoms with E-state index in [0.29, 0.717) is 27.3 Å². The number of rotatable bonds is 3. The van der Waals surface area contributed by atoms with Crippen LogP contribution in [0.25, 0.3) is 5.69 Å². The summed E-state index contributed by atoms with van der Waals surface area (Å²) in [5.74, 6) is 0.922. The molecular weight excluding hydrogens is 385 g/mol. The topological polar surface area (TPSA) is 56.1 Å². The first kappa shape index (κ1) is 19.3. The molecule has 140 valence electrons. The molecule has 0 bridgehead atoms. The monoisotopic (exact) mass is 403 g/mol. The van der Waals surface area contributed by atoms with E-state index in [2.05, 4.69) is 10.4 Å². The lowest BCUT2D eigenvalue weighted by Gasteiger charge is -2.14. The molecule has 1 amide bonds. The van der Waals surface area contributed by atoms with Crippen molar-refractivity contribution in [3.05, 3.63) is 70.3 Å². The fourth-order valence-electron chi connectivity index (χ4n) is 2.38. The van der Waals surface area contributed by atoms with Crippen LogP contribution in [-0.2, 0) is 5.41 Å². The lowest BCUT2D eigenvalue weighted by Crippen LogP contribution is -2.19. The van der Waals surface area contributed by atoms with Gasteiger partial charge >= 0.3 is 6.09 Å². The van der Waals surface area contributed by atoms with Gasteiger partial charge in [0.05, 0.1) is 21.4 Å². The Morgan fingerprint density at radius 2 is 1.74 bits per heavy atom. The largest absolute Gasteiger partial charge is 0.418 e. The van der Waals surface area contributed by atoms with Crippen molar-refractivity contribution in [3.63, 3.8) is 0 Å². The first-order valence-electron chi connectivity index (χ1n) is 8.34. The predicted molar refractivity (Wildman–Crippen MR) is 108 cm³/mol. The van der Waals surface area contributed by atoms with Gasteiger partial charge in [0.25, 0.3) is 0 Å². The maximum Gasteiger partial charge on any atom is 0.418 e.